The maximum Gasteiger partial charge on any atom is 0.307 e. The largest absolute Gasteiger partial charge is 0.494 e. The highest BCUT2D eigenvalue weighted by atomic mass is 16.5. The summed E-state index contributed by atoms with van der Waals surface area (Å²) in [5.74, 6) is 0.596. The molecule has 9 heteroatoms. The second-order valence-corrected chi connectivity index (χ2v) is 9.41. The van der Waals surface area contributed by atoms with Crippen molar-refractivity contribution < 1.29 is 19.7 Å². The lowest BCUT2D eigenvalue weighted by Crippen LogP contribution is -2.22. The fourth-order valence-electron chi connectivity index (χ4n) is 4.03. The van der Waals surface area contributed by atoms with Crippen LogP contribution in [-0.4, -0.2) is 64.5 Å². The van der Waals surface area contributed by atoms with E-state index < -0.39 is 12.2 Å². The first-order chi connectivity index (χ1) is 17.7. The molecule has 0 aliphatic carbocycles. The van der Waals surface area contributed by atoms with Crippen LogP contribution in [0.5, 0.6) is 5.75 Å². The first kappa shape index (κ1) is 27.9. The number of aliphatic hydroxyl groups is 1. The molecular formula is C28H37N5O4. The van der Waals surface area contributed by atoms with Crippen LogP contribution in [-0.2, 0) is 24.1 Å². The van der Waals surface area contributed by atoms with Gasteiger partial charge in [-0.05, 0) is 69.1 Å². The average Bonchev–Trinajstić information content (AvgIpc) is 2.83. The standard InChI is InChI=1S/C28H37N5O4/c1-19-24(17-21-8-11-23(12-9-21)37-15-5-14-33(2)3)27(32-28(29)30-19)31-25(34)13-10-20-6-4-7-22(16-20)18-26(35)36/h4,6-9,11-12,16,25,34H,5,10,13-15,17-18H2,1-3H3,(H,35,36)(H3,29,30,31,32). The highest BCUT2D eigenvalue weighted by molar-refractivity contribution is 5.70. The van der Waals surface area contributed by atoms with Crippen molar-refractivity contribution in [3.8, 4) is 5.75 Å². The van der Waals surface area contributed by atoms with E-state index in [1.165, 1.54) is 0 Å². The Bertz CT molecular complexity index is 1170. The van der Waals surface area contributed by atoms with Crippen LogP contribution in [0.15, 0.2) is 48.5 Å². The van der Waals surface area contributed by atoms with Gasteiger partial charge in [0.25, 0.3) is 0 Å². The second kappa shape index (κ2) is 13.6. The molecule has 37 heavy (non-hydrogen) atoms. The number of nitrogen functional groups attached to an aromatic ring is 1. The summed E-state index contributed by atoms with van der Waals surface area (Å²) in [6.07, 6.45) is 1.63. The predicted molar refractivity (Wildman–Crippen MR) is 145 cm³/mol. The van der Waals surface area contributed by atoms with Gasteiger partial charge in [-0.3, -0.25) is 4.79 Å². The number of hydrogen-bond donors (Lipinski definition) is 4. The van der Waals surface area contributed by atoms with Gasteiger partial charge in [0.05, 0.1) is 13.0 Å². The van der Waals surface area contributed by atoms with Gasteiger partial charge < -0.3 is 30.9 Å². The number of aliphatic hydroxyl groups excluding tert-OH is 1. The third-order valence-corrected chi connectivity index (χ3v) is 5.91. The van der Waals surface area contributed by atoms with E-state index in [9.17, 15) is 9.90 Å². The molecule has 1 unspecified atom stereocenters. The van der Waals surface area contributed by atoms with Crippen molar-refractivity contribution in [3.63, 3.8) is 0 Å². The lowest BCUT2D eigenvalue weighted by Gasteiger charge is -2.18. The number of benzene rings is 2. The number of anilines is 2. The van der Waals surface area contributed by atoms with Crippen LogP contribution in [0.3, 0.4) is 0 Å². The lowest BCUT2D eigenvalue weighted by atomic mass is 10.0. The summed E-state index contributed by atoms with van der Waals surface area (Å²) in [5, 5.41) is 22.8. The fraction of sp³-hybridized carbons (Fsp3) is 0.393. The number of nitrogens with two attached hydrogens (primary N) is 1. The summed E-state index contributed by atoms with van der Waals surface area (Å²) in [7, 11) is 4.09. The van der Waals surface area contributed by atoms with E-state index in [0.29, 0.717) is 31.7 Å². The number of ether oxygens (including phenoxy) is 1. The molecule has 0 bridgehead atoms. The zero-order valence-electron chi connectivity index (χ0n) is 21.8. The number of aliphatic carboxylic acids is 1. The number of rotatable bonds is 14. The predicted octanol–water partition coefficient (Wildman–Crippen LogP) is 3.28. The molecule has 1 atom stereocenters. The van der Waals surface area contributed by atoms with E-state index in [2.05, 4.69) is 20.2 Å². The minimum absolute atomic E-state index is 0.0267. The molecule has 0 aliphatic rings. The Labute approximate surface area is 218 Å². The Kier molecular flexibility index (Phi) is 10.2. The molecule has 3 aromatic rings. The Balaban J connectivity index is 1.62. The van der Waals surface area contributed by atoms with E-state index in [-0.39, 0.29) is 12.4 Å². The molecule has 0 aliphatic heterocycles. The van der Waals surface area contributed by atoms with Crippen molar-refractivity contribution >= 4 is 17.7 Å². The van der Waals surface area contributed by atoms with Gasteiger partial charge in [-0.1, -0.05) is 36.4 Å². The summed E-state index contributed by atoms with van der Waals surface area (Å²) in [5.41, 5.74) is 10.3. The fourth-order valence-corrected chi connectivity index (χ4v) is 4.03. The molecule has 3 rings (SSSR count). The summed E-state index contributed by atoms with van der Waals surface area (Å²) >= 11 is 0. The first-order valence-electron chi connectivity index (χ1n) is 12.4. The summed E-state index contributed by atoms with van der Waals surface area (Å²) in [4.78, 5) is 21.8. The first-order valence-corrected chi connectivity index (χ1v) is 12.4. The highest BCUT2D eigenvalue weighted by Gasteiger charge is 2.15. The highest BCUT2D eigenvalue weighted by Crippen LogP contribution is 2.24. The normalized spacial score (nSPS) is 11.9. The van der Waals surface area contributed by atoms with Gasteiger partial charge in [-0.25, -0.2) is 4.98 Å². The van der Waals surface area contributed by atoms with Crippen LogP contribution in [0.25, 0.3) is 0 Å². The molecule has 0 fully saturated rings. The van der Waals surface area contributed by atoms with Crippen molar-refractivity contribution in [1.82, 2.24) is 14.9 Å². The van der Waals surface area contributed by atoms with Gasteiger partial charge in [-0.15, -0.1) is 0 Å². The minimum atomic E-state index is -0.870. The van der Waals surface area contributed by atoms with E-state index in [4.69, 9.17) is 15.6 Å². The molecule has 0 saturated carbocycles. The smallest absolute Gasteiger partial charge is 0.307 e. The number of carbonyl (C=O) groups is 1. The van der Waals surface area contributed by atoms with Crippen molar-refractivity contribution in [1.29, 1.82) is 0 Å². The van der Waals surface area contributed by atoms with Crippen LogP contribution in [0.4, 0.5) is 11.8 Å². The van der Waals surface area contributed by atoms with Crippen molar-refractivity contribution in [2.24, 2.45) is 0 Å². The quantitative estimate of drug-likeness (QED) is 0.192. The Morgan fingerprint density at radius 1 is 1.11 bits per heavy atom. The lowest BCUT2D eigenvalue weighted by molar-refractivity contribution is -0.136. The molecular weight excluding hydrogens is 470 g/mol. The van der Waals surface area contributed by atoms with Gasteiger partial charge in [0.2, 0.25) is 5.95 Å². The molecule has 0 spiro atoms. The molecule has 1 aromatic heterocycles. The Morgan fingerprint density at radius 2 is 1.84 bits per heavy atom. The number of carboxylic acids is 1. The molecule has 0 radical (unpaired) electrons. The van der Waals surface area contributed by atoms with Crippen LogP contribution in [0.2, 0.25) is 0 Å². The van der Waals surface area contributed by atoms with Crippen LogP contribution in [0.1, 0.15) is 40.8 Å². The number of aryl methyl sites for hydroxylation is 2. The Morgan fingerprint density at radius 3 is 2.54 bits per heavy atom. The van der Waals surface area contributed by atoms with Gasteiger partial charge in [-0.2, -0.15) is 4.98 Å². The Hall–Kier alpha value is -3.69. The van der Waals surface area contributed by atoms with Gasteiger partial charge in [0.15, 0.2) is 0 Å². The molecule has 198 valence electrons. The van der Waals surface area contributed by atoms with E-state index in [1.54, 1.807) is 6.07 Å². The van der Waals surface area contributed by atoms with Gasteiger partial charge >= 0.3 is 5.97 Å². The zero-order valence-corrected chi connectivity index (χ0v) is 21.8. The zero-order chi connectivity index (χ0) is 26.8. The van der Waals surface area contributed by atoms with Gasteiger partial charge in [0.1, 0.15) is 17.8 Å². The van der Waals surface area contributed by atoms with Crippen molar-refractivity contribution in [2.45, 2.75) is 45.3 Å². The summed E-state index contributed by atoms with van der Waals surface area (Å²) in [6.45, 7) is 3.52. The number of nitrogens with zero attached hydrogens (tertiary/aromatic N) is 3. The average molecular weight is 508 g/mol. The van der Waals surface area contributed by atoms with Gasteiger partial charge in [0, 0.05) is 24.2 Å². The summed E-state index contributed by atoms with van der Waals surface area (Å²) in [6, 6.07) is 15.3. The number of hydrogen-bond acceptors (Lipinski definition) is 8. The van der Waals surface area contributed by atoms with Crippen LogP contribution in [0, 0.1) is 6.92 Å². The van der Waals surface area contributed by atoms with E-state index in [1.807, 2.05) is 63.5 Å². The second-order valence-electron chi connectivity index (χ2n) is 9.41. The number of aromatic nitrogens is 2. The van der Waals surface area contributed by atoms with E-state index >= 15 is 0 Å². The van der Waals surface area contributed by atoms with E-state index in [0.717, 1.165) is 46.7 Å². The maximum atomic E-state index is 11.0. The third kappa shape index (κ3) is 9.36. The molecule has 0 amide bonds. The van der Waals surface area contributed by atoms with Crippen LogP contribution >= 0.6 is 0 Å². The van der Waals surface area contributed by atoms with Crippen molar-refractivity contribution in [3.05, 3.63) is 76.5 Å². The molecule has 5 N–H and O–H groups in total. The van der Waals surface area contributed by atoms with Crippen LogP contribution < -0.4 is 15.8 Å². The number of carboxylic acid groups (broad SMARTS) is 1. The summed E-state index contributed by atoms with van der Waals surface area (Å²) < 4.78 is 5.82. The molecule has 0 saturated heterocycles. The van der Waals surface area contributed by atoms with Crippen molar-refractivity contribution in [2.75, 3.05) is 38.3 Å². The monoisotopic (exact) mass is 507 g/mol. The topological polar surface area (TPSA) is 134 Å². The number of nitrogens with one attached hydrogen (secondary N) is 1. The molecule has 2 aromatic carbocycles. The minimum Gasteiger partial charge on any atom is -0.494 e. The molecule has 1 heterocycles. The maximum absolute atomic E-state index is 11.0. The SMILES string of the molecule is Cc1nc(N)nc(NC(O)CCc2cccc(CC(=O)O)c2)c1Cc1ccc(OCCCN(C)C)cc1. The third-order valence-electron chi connectivity index (χ3n) is 5.91. The molecule has 9 nitrogen and oxygen atoms in total.